The van der Waals surface area contributed by atoms with E-state index in [1.807, 2.05) is 32.0 Å². The van der Waals surface area contributed by atoms with E-state index in [0.717, 1.165) is 16.7 Å². The maximum absolute atomic E-state index is 11.8. The van der Waals surface area contributed by atoms with Crippen LogP contribution in [0.4, 0.5) is 0 Å². The lowest BCUT2D eigenvalue weighted by Crippen LogP contribution is -2.21. The molecular weight excluding hydrogens is 244 g/mol. The van der Waals surface area contributed by atoms with E-state index < -0.39 is 11.5 Å². The maximum Gasteiger partial charge on any atom is 0.343 e. The summed E-state index contributed by atoms with van der Waals surface area (Å²) in [6.45, 7) is 5.42. The van der Waals surface area contributed by atoms with Gasteiger partial charge in [0.2, 0.25) is 0 Å². The van der Waals surface area contributed by atoms with Gasteiger partial charge >= 0.3 is 5.97 Å². The number of H-pyrrole nitrogens is 1. The van der Waals surface area contributed by atoms with Crippen LogP contribution in [0, 0.1) is 20.8 Å². The number of aryl methyl sites for hydroxylation is 2. The number of carbonyl (C=O) groups is 1. The molecule has 0 saturated carbocycles. The molecular formula is C14H14N2O3. The summed E-state index contributed by atoms with van der Waals surface area (Å²) in [5, 5.41) is 8.95. The summed E-state index contributed by atoms with van der Waals surface area (Å²) in [4.78, 5) is 29.5. The number of carboxylic acid groups (broad SMARTS) is 1. The Kier molecular flexibility index (Phi) is 3.21. The van der Waals surface area contributed by atoms with Crippen LogP contribution in [0.2, 0.25) is 0 Å². The predicted octanol–water partition coefficient (Wildman–Crippen LogP) is 2.06. The highest BCUT2D eigenvalue weighted by molar-refractivity contribution is 5.88. The van der Waals surface area contributed by atoms with Crippen LogP contribution in [0.15, 0.2) is 23.0 Å². The highest BCUT2D eigenvalue weighted by Crippen LogP contribution is 2.21. The smallest absolute Gasteiger partial charge is 0.343 e. The van der Waals surface area contributed by atoms with Crippen molar-refractivity contribution in [3.05, 3.63) is 50.9 Å². The monoisotopic (exact) mass is 258 g/mol. The van der Waals surface area contributed by atoms with Gasteiger partial charge in [-0.25, -0.2) is 9.78 Å². The van der Waals surface area contributed by atoms with Gasteiger partial charge in [0.1, 0.15) is 11.4 Å². The molecule has 1 aromatic heterocycles. The molecule has 0 aliphatic rings. The van der Waals surface area contributed by atoms with Crippen LogP contribution in [0.1, 0.15) is 27.2 Å². The first kappa shape index (κ1) is 13.0. The number of hydrogen-bond acceptors (Lipinski definition) is 3. The number of nitrogens with one attached hydrogen (secondary N) is 1. The summed E-state index contributed by atoms with van der Waals surface area (Å²) in [7, 11) is 0. The average Bonchev–Trinajstić information content (AvgIpc) is 2.31. The van der Waals surface area contributed by atoms with Crippen molar-refractivity contribution >= 4 is 5.97 Å². The third kappa shape index (κ3) is 2.27. The fourth-order valence-electron chi connectivity index (χ4n) is 1.97. The lowest BCUT2D eigenvalue weighted by atomic mass is 10.0. The van der Waals surface area contributed by atoms with Crippen molar-refractivity contribution in [2.45, 2.75) is 20.8 Å². The summed E-state index contributed by atoms with van der Waals surface area (Å²) < 4.78 is 0. The number of hydrogen-bond donors (Lipinski definition) is 2. The van der Waals surface area contributed by atoms with Gasteiger partial charge in [-0.2, -0.15) is 0 Å². The van der Waals surface area contributed by atoms with Crippen molar-refractivity contribution in [2.75, 3.05) is 0 Å². The first-order valence-electron chi connectivity index (χ1n) is 5.82. The van der Waals surface area contributed by atoms with Crippen LogP contribution < -0.4 is 5.56 Å². The largest absolute Gasteiger partial charge is 0.477 e. The van der Waals surface area contributed by atoms with Crippen molar-refractivity contribution in [1.82, 2.24) is 9.97 Å². The molecule has 2 rings (SSSR count). The Hall–Kier alpha value is -2.43. The van der Waals surface area contributed by atoms with Gasteiger partial charge in [0, 0.05) is 5.56 Å². The van der Waals surface area contributed by atoms with E-state index in [4.69, 9.17) is 5.11 Å². The van der Waals surface area contributed by atoms with E-state index in [0.29, 0.717) is 5.82 Å². The number of aromatic carboxylic acids is 1. The SMILES string of the molecule is Cc1cccc(-c2nc(C)c(C(=O)O)c(=O)[nH]2)c1C. The second-order valence-electron chi connectivity index (χ2n) is 4.43. The summed E-state index contributed by atoms with van der Waals surface area (Å²) in [6, 6.07) is 5.69. The normalized spacial score (nSPS) is 10.5. The van der Waals surface area contributed by atoms with Gasteiger partial charge in [0.25, 0.3) is 5.56 Å². The van der Waals surface area contributed by atoms with Crippen molar-refractivity contribution in [2.24, 2.45) is 0 Å². The Bertz CT molecular complexity index is 717. The Morgan fingerprint density at radius 2 is 1.95 bits per heavy atom. The Balaban J connectivity index is 2.69. The van der Waals surface area contributed by atoms with E-state index in [9.17, 15) is 9.59 Å². The molecule has 0 atom stereocenters. The second kappa shape index (κ2) is 4.68. The van der Waals surface area contributed by atoms with Crippen LogP contribution in [0.3, 0.4) is 0 Å². The number of benzene rings is 1. The molecule has 0 bridgehead atoms. The van der Waals surface area contributed by atoms with Crippen molar-refractivity contribution in [1.29, 1.82) is 0 Å². The fraction of sp³-hybridized carbons (Fsp3) is 0.214. The molecule has 1 heterocycles. The first-order valence-corrected chi connectivity index (χ1v) is 5.82. The van der Waals surface area contributed by atoms with Crippen LogP contribution in [0.5, 0.6) is 0 Å². The predicted molar refractivity (Wildman–Crippen MR) is 71.5 cm³/mol. The first-order chi connectivity index (χ1) is 8.91. The molecule has 0 amide bonds. The molecule has 2 N–H and O–H groups in total. The Labute approximate surface area is 110 Å². The number of aromatic nitrogens is 2. The fourth-order valence-corrected chi connectivity index (χ4v) is 1.97. The molecule has 98 valence electrons. The number of rotatable bonds is 2. The van der Waals surface area contributed by atoms with E-state index in [1.165, 1.54) is 6.92 Å². The summed E-state index contributed by atoms with van der Waals surface area (Å²) in [6.07, 6.45) is 0. The Morgan fingerprint density at radius 3 is 2.53 bits per heavy atom. The minimum absolute atomic E-state index is 0.215. The van der Waals surface area contributed by atoms with Gasteiger partial charge in [0.05, 0.1) is 5.69 Å². The summed E-state index contributed by atoms with van der Waals surface area (Å²) in [5.74, 6) is -0.868. The van der Waals surface area contributed by atoms with Crippen LogP contribution >= 0.6 is 0 Å². The lowest BCUT2D eigenvalue weighted by Gasteiger charge is -2.09. The van der Waals surface area contributed by atoms with Gasteiger partial charge < -0.3 is 10.1 Å². The molecule has 5 nitrogen and oxygen atoms in total. The molecule has 5 heteroatoms. The van der Waals surface area contributed by atoms with E-state index in [-0.39, 0.29) is 11.3 Å². The zero-order chi connectivity index (χ0) is 14.2. The quantitative estimate of drug-likeness (QED) is 0.863. The van der Waals surface area contributed by atoms with Crippen LogP contribution in [0.25, 0.3) is 11.4 Å². The van der Waals surface area contributed by atoms with E-state index in [1.54, 1.807) is 0 Å². The highest BCUT2D eigenvalue weighted by Gasteiger charge is 2.16. The van der Waals surface area contributed by atoms with Gasteiger partial charge in [-0.3, -0.25) is 4.79 Å². The zero-order valence-corrected chi connectivity index (χ0v) is 10.9. The van der Waals surface area contributed by atoms with Crippen molar-refractivity contribution < 1.29 is 9.90 Å². The third-order valence-corrected chi connectivity index (χ3v) is 3.17. The molecule has 0 saturated heterocycles. The maximum atomic E-state index is 11.8. The Morgan fingerprint density at radius 1 is 1.26 bits per heavy atom. The molecule has 0 fully saturated rings. The molecule has 0 spiro atoms. The van der Waals surface area contributed by atoms with Crippen LogP contribution in [-0.4, -0.2) is 21.0 Å². The van der Waals surface area contributed by atoms with Crippen LogP contribution in [-0.2, 0) is 0 Å². The van der Waals surface area contributed by atoms with Gasteiger partial charge in [-0.1, -0.05) is 18.2 Å². The zero-order valence-electron chi connectivity index (χ0n) is 10.9. The summed E-state index contributed by atoms with van der Waals surface area (Å²) in [5.41, 5.74) is 2.17. The topological polar surface area (TPSA) is 83.0 Å². The van der Waals surface area contributed by atoms with Crippen molar-refractivity contribution in [3.8, 4) is 11.4 Å². The van der Waals surface area contributed by atoms with Gasteiger partial charge in [-0.05, 0) is 31.9 Å². The second-order valence-corrected chi connectivity index (χ2v) is 4.43. The molecule has 0 unspecified atom stereocenters. The van der Waals surface area contributed by atoms with Gasteiger partial charge in [-0.15, -0.1) is 0 Å². The number of nitrogens with zero attached hydrogens (tertiary/aromatic N) is 1. The molecule has 2 aromatic rings. The van der Waals surface area contributed by atoms with Gasteiger partial charge in [0.15, 0.2) is 0 Å². The lowest BCUT2D eigenvalue weighted by molar-refractivity contribution is 0.0693. The average molecular weight is 258 g/mol. The van der Waals surface area contributed by atoms with Crippen molar-refractivity contribution in [3.63, 3.8) is 0 Å². The number of carboxylic acids is 1. The molecule has 1 aromatic carbocycles. The highest BCUT2D eigenvalue weighted by atomic mass is 16.4. The van der Waals surface area contributed by atoms with E-state index in [2.05, 4.69) is 9.97 Å². The molecule has 19 heavy (non-hydrogen) atoms. The summed E-state index contributed by atoms with van der Waals surface area (Å²) >= 11 is 0. The number of aromatic amines is 1. The standard InChI is InChI=1S/C14H14N2O3/c1-7-5-4-6-10(8(7)2)12-15-9(3)11(14(18)19)13(17)16-12/h4-6H,1-3H3,(H,18,19)(H,15,16,17). The minimum atomic E-state index is -1.27. The van der Waals surface area contributed by atoms with E-state index >= 15 is 0 Å². The molecule has 0 radical (unpaired) electrons. The molecule has 0 aliphatic carbocycles. The third-order valence-electron chi connectivity index (χ3n) is 3.17. The minimum Gasteiger partial charge on any atom is -0.477 e. The molecule has 0 aliphatic heterocycles.